The minimum atomic E-state index is -0.257. The lowest BCUT2D eigenvalue weighted by Gasteiger charge is -2.25. The summed E-state index contributed by atoms with van der Waals surface area (Å²) >= 11 is 0. The maximum absolute atomic E-state index is 12.4. The van der Waals surface area contributed by atoms with E-state index in [4.69, 9.17) is 4.74 Å². The van der Waals surface area contributed by atoms with Gasteiger partial charge in [-0.25, -0.2) is 9.78 Å². The Morgan fingerprint density at radius 1 is 1.36 bits per heavy atom. The predicted molar refractivity (Wildman–Crippen MR) is 85.0 cm³/mol. The number of anilines is 1. The first-order valence-corrected chi connectivity index (χ1v) is 6.98. The van der Waals surface area contributed by atoms with Crippen LogP contribution in [0.3, 0.4) is 0 Å². The van der Waals surface area contributed by atoms with Crippen LogP contribution in [0.5, 0.6) is 5.75 Å². The number of aryl methyl sites for hydroxylation is 1. The van der Waals surface area contributed by atoms with Crippen LogP contribution in [0.15, 0.2) is 36.7 Å². The number of aromatic nitrogens is 2. The molecule has 1 unspecified atom stereocenters. The van der Waals surface area contributed by atoms with Gasteiger partial charge in [0.2, 0.25) is 0 Å². The first-order chi connectivity index (χ1) is 10.5. The Kier molecular flexibility index (Phi) is 4.93. The summed E-state index contributed by atoms with van der Waals surface area (Å²) in [5.41, 5.74) is 1.77. The second-order valence-electron chi connectivity index (χ2n) is 5.01. The zero-order valence-corrected chi connectivity index (χ0v) is 13.2. The molecule has 22 heavy (non-hydrogen) atoms. The van der Waals surface area contributed by atoms with Crippen molar-refractivity contribution >= 4 is 11.8 Å². The number of rotatable bonds is 4. The molecule has 0 spiro atoms. The molecule has 0 radical (unpaired) electrons. The van der Waals surface area contributed by atoms with E-state index in [9.17, 15) is 4.79 Å². The first-order valence-electron chi connectivity index (χ1n) is 6.98. The molecule has 2 aromatic rings. The van der Waals surface area contributed by atoms with Gasteiger partial charge in [-0.3, -0.25) is 10.3 Å². The van der Waals surface area contributed by atoms with Crippen LogP contribution in [0.25, 0.3) is 0 Å². The summed E-state index contributed by atoms with van der Waals surface area (Å²) in [6.07, 6.45) is 3.46. The molecule has 0 aromatic carbocycles. The van der Waals surface area contributed by atoms with Gasteiger partial charge in [0.05, 0.1) is 13.2 Å². The largest absolute Gasteiger partial charge is 0.493 e. The second-order valence-corrected chi connectivity index (χ2v) is 5.01. The van der Waals surface area contributed by atoms with Crippen LogP contribution in [-0.4, -0.2) is 35.1 Å². The van der Waals surface area contributed by atoms with Crippen molar-refractivity contribution in [2.75, 3.05) is 19.5 Å². The molecule has 0 aliphatic rings. The van der Waals surface area contributed by atoms with Crippen LogP contribution in [0.1, 0.15) is 24.2 Å². The smallest absolute Gasteiger partial charge is 0.323 e. The minimum absolute atomic E-state index is 0.107. The van der Waals surface area contributed by atoms with Gasteiger partial charge in [-0.1, -0.05) is 6.07 Å². The van der Waals surface area contributed by atoms with Gasteiger partial charge in [0.15, 0.2) is 11.6 Å². The van der Waals surface area contributed by atoms with Crippen molar-refractivity contribution in [2.45, 2.75) is 19.9 Å². The number of hydrogen-bond donors (Lipinski definition) is 1. The topological polar surface area (TPSA) is 67.3 Å². The number of methoxy groups -OCH3 is 1. The lowest BCUT2D eigenvalue weighted by Crippen LogP contribution is -2.34. The molecule has 6 heteroatoms. The summed E-state index contributed by atoms with van der Waals surface area (Å²) in [7, 11) is 3.28. The van der Waals surface area contributed by atoms with Gasteiger partial charge in [0.1, 0.15) is 0 Å². The van der Waals surface area contributed by atoms with Crippen LogP contribution >= 0.6 is 0 Å². The molecule has 2 rings (SSSR count). The van der Waals surface area contributed by atoms with E-state index in [-0.39, 0.29) is 12.1 Å². The van der Waals surface area contributed by atoms with E-state index in [1.165, 1.54) is 0 Å². The molecule has 0 bridgehead atoms. The molecule has 0 fully saturated rings. The normalized spacial score (nSPS) is 11.6. The highest BCUT2D eigenvalue weighted by atomic mass is 16.5. The number of nitrogens with one attached hydrogen (secondary N) is 1. The molecule has 6 nitrogen and oxygen atoms in total. The third-order valence-corrected chi connectivity index (χ3v) is 3.51. The number of carbonyl (C=O) groups is 1. The lowest BCUT2D eigenvalue weighted by molar-refractivity contribution is 0.208. The molecule has 0 aliphatic heterocycles. The fraction of sp³-hybridized carbons (Fsp3) is 0.312. The Morgan fingerprint density at radius 2 is 2.14 bits per heavy atom. The summed E-state index contributed by atoms with van der Waals surface area (Å²) in [5, 5.41) is 2.78. The number of hydrogen-bond acceptors (Lipinski definition) is 4. The molecular weight excluding hydrogens is 280 g/mol. The fourth-order valence-electron chi connectivity index (χ4n) is 2.01. The summed E-state index contributed by atoms with van der Waals surface area (Å²) in [5.74, 6) is 0.944. The average molecular weight is 300 g/mol. The summed E-state index contributed by atoms with van der Waals surface area (Å²) < 4.78 is 5.22. The van der Waals surface area contributed by atoms with E-state index in [0.717, 1.165) is 11.3 Å². The number of ether oxygens (including phenoxy) is 1. The standard InChI is InChI=1S/C16H20N4O2/c1-11-7-8-14(22-4)15(18-11)19-16(21)20(3)12(2)13-6-5-9-17-10-13/h5-10,12H,1-4H3,(H,18,19,21). The Balaban J connectivity index is 2.13. The predicted octanol–water partition coefficient (Wildman–Crippen LogP) is 3.02. The lowest BCUT2D eigenvalue weighted by atomic mass is 10.1. The maximum Gasteiger partial charge on any atom is 0.323 e. The van der Waals surface area contributed by atoms with E-state index in [1.54, 1.807) is 37.5 Å². The Bertz CT molecular complexity index is 646. The van der Waals surface area contributed by atoms with E-state index in [1.807, 2.05) is 32.0 Å². The minimum Gasteiger partial charge on any atom is -0.493 e. The number of carbonyl (C=O) groups excluding carboxylic acids is 1. The Labute approximate surface area is 130 Å². The molecule has 0 saturated carbocycles. The highest BCUT2D eigenvalue weighted by Crippen LogP contribution is 2.23. The molecule has 2 heterocycles. The van der Waals surface area contributed by atoms with E-state index >= 15 is 0 Å². The van der Waals surface area contributed by atoms with Gasteiger partial charge < -0.3 is 9.64 Å². The van der Waals surface area contributed by atoms with Crippen molar-refractivity contribution in [1.29, 1.82) is 0 Å². The summed E-state index contributed by atoms with van der Waals surface area (Å²) in [6.45, 7) is 3.80. The summed E-state index contributed by atoms with van der Waals surface area (Å²) in [4.78, 5) is 22.4. The van der Waals surface area contributed by atoms with Crippen LogP contribution < -0.4 is 10.1 Å². The Morgan fingerprint density at radius 3 is 2.77 bits per heavy atom. The molecule has 116 valence electrons. The number of pyridine rings is 2. The molecule has 0 saturated heterocycles. The average Bonchev–Trinajstić information content (AvgIpc) is 2.54. The number of urea groups is 1. The molecule has 1 N–H and O–H groups in total. The number of amides is 2. The van der Waals surface area contributed by atoms with Crippen molar-refractivity contribution in [3.8, 4) is 5.75 Å². The number of nitrogens with zero attached hydrogens (tertiary/aromatic N) is 3. The Hall–Kier alpha value is -2.63. The van der Waals surface area contributed by atoms with Crippen LogP contribution in [-0.2, 0) is 0 Å². The molecule has 2 aromatic heterocycles. The third kappa shape index (κ3) is 3.52. The van der Waals surface area contributed by atoms with Crippen molar-refractivity contribution in [2.24, 2.45) is 0 Å². The zero-order chi connectivity index (χ0) is 16.1. The van der Waals surface area contributed by atoms with Crippen molar-refractivity contribution in [3.63, 3.8) is 0 Å². The van der Waals surface area contributed by atoms with Crippen LogP contribution in [0.2, 0.25) is 0 Å². The van der Waals surface area contributed by atoms with Gasteiger partial charge in [-0.05, 0) is 37.6 Å². The van der Waals surface area contributed by atoms with Gasteiger partial charge in [-0.2, -0.15) is 0 Å². The molecular formula is C16H20N4O2. The first kappa shape index (κ1) is 15.8. The second kappa shape index (κ2) is 6.89. The highest BCUT2D eigenvalue weighted by molar-refractivity contribution is 5.89. The zero-order valence-electron chi connectivity index (χ0n) is 13.2. The quantitative estimate of drug-likeness (QED) is 0.942. The molecule has 0 aliphatic carbocycles. The van der Waals surface area contributed by atoms with Gasteiger partial charge in [0, 0.05) is 25.1 Å². The van der Waals surface area contributed by atoms with Crippen molar-refractivity contribution < 1.29 is 9.53 Å². The maximum atomic E-state index is 12.4. The monoisotopic (exact) mass is 300 g/mol. The van der Waals surface area contributed by atoms with E-state index in [2.05, 4.69) is 15.3 Å². The van der Waals surface area contributed by atoms with Crippen molar-refractivity contribution in [3.05, 3.63) is 47.9 Å². The molecule has 1 atom stereocenters. The SMILES string of the molecule is COc1ccc(C)nc1NC(=O)N(C)C(C)c1cccnc1. The van der Waals surface area contributed by atoms with Crippen LogP contribution in [0.4, 0.5) is 10.6 Å². The fourth-order valence-corrected chi connectivity index (χ4v) is 2.01. The van der Waals surface area contributed by atoms with Gasteiger partial charge in [-0.15, -0.1) is 0 Å². The third-order valence-electron chi connectivity index (χ3n) is 3.51. The van der Waals surface area contributed by atoms with E-state index in [0.29, 0.717) is 11.6 Å². The summed E-state index contributed by atoms with van der Waals surface area (Å²) in [6, 6.07) is 7.03. The van der Waals surface area contributed by atoms with E-state index < -0.39 is 0 Å². The van der Waals surface area contributed by atoms with Gasteiger partial charge >= 0.3 is 6.03 Å². The van der Waals surface area contributed by atoms with Gasteiger partial charge in [0.25, 0.3) is 0 Å². The molecule has 2 amide bonds. The van der Waals surface area contributed by atoms with Crippen molar-refractivity contribution in [1.82, 2.24) is 14.9 Å². The highest BCUT2D eigenvalue weighted by Gasteiger charge is 2.19. The van der Waals surface area contributed by atoms with Crippen LogP contribution in [0, 0.1) is 6.92 Å².